The molecule has 0 fully saturated rings. The lowest BCUT2D eigenvalue weighted by molar-refractivity contribution is 0.609. The standard InChI is InChI=1S/C15H15ClO2S/c1-10-4-11(2)6-13(5-10)14-7-12(3)8-15(9-14)19(16,17)18/h4-9H,1-3H3. The fraction of sp³-hybridized carbons (Fsp3) is 0.200. The fourth-order valence-electron chi connectivity index (χ4n) is 2.20. The zero-order valence-corrected chi connectivity index (χ0v) is 12.6. The lowest BCUT2D eigenvalue weighted by Crippen LogP contribution is -1.93. The van der Waals surface area contributed by atoms with Crippen molar-refractivity contribution in [3.8, 4) is 11.1 Å². The average molecular weight is 295 g/mol. The van der Waals surface area contributed by atoms with E-state index in [1.807, 2.05) is 39.0 Å². The molecule has 2 aromatic carbocycles. The van der Waals surface area contributed by atoms with Gasteiger partial charge in [-0.05, 0) is 49.6 Å². The topological polar surface area (TPSA) is 34.1 Å². The van der Waals surface area contributed by atoms with Crippen LogP contribution in [0.4, 0.5) is 0 Å². The van der Waals surface area contributed by atoms with Crippen molar-refractivity contribution in [2.24, 2.45) is 0 Å². The molecule has 0 heterocycles. The minimum Gasteiger partial charge on any atom is -0.207 e. The lowest BCUT2D eigenvalue weighted by atomic mass is 9.99. The Bertz CT molecular complexity index is 714. The Hall–Kier alpha value is -1.32. The quantitative estimate of drug-likeness (QED) is 0.778. The van der Waals surface area contributed by atoms with Crippen LogP contribution in [-0.2, 0) is 9.05 Å². The molecule has 100 valence electrons. The predicted molar refractivity (Wildman–Crippen MR) is 79.1 cm³/mol. The summed E-state index contributed by atoms with van der Waals surface area (Å²) in [6, 6.07) is 11.3. The van der Waals surface area contributed by atoms with Gasteiger partial charge in [-0.1, -0.05) is 35.4 Å². The minimum atomic E-state index is -3.70. The van der Waals surface area contributed by atoms with Crippen LogP contribution in [0.15, 0.2) is 41.3 Å². The van der Waals surface area contributed by atoms with Gasteiger partial charge in [-0.25, -0.2) is 8.42 Å². The van der Waals surface area contributed by atoms with Crippen LogP contribution in [0.3, 0.4) is 0 Å². The van der Waals surface area contributed by atoms with E-state index in [9.17, 15) is 8.42 Å². The first-order valence-corrected chi connectivity index (χ1v) is 8.22. The number of rotatable bonds is 2. The summed E-state index contributed by atoms with van der Waals surface area (Å²) in [4.78, 5) is 0.142. The molecule has 0 aliphatic rings. The molecule has 0 N–H and O–H groups in total. The number of benzene rings is 2. The highest BCUT2D eigenvalue weighted by Crippen LogP contribution is 2.27. The summed E-state index contributed by atoms with van der Waals surface area (Å²) < 4.78 is 22.9. The highest BCUT2D eigenvalue weighted by Gasteiger charge is 2.12. The van der Waals surface area contributed by atoms with Gasteiger partial charge in [0.2, 0.25) is 0 Å². The maximum absolute atomic E-state index is 11.5. The number of aryl methyl sites for hydroxylation is 3. The summed E-state index contributed by atoms with van der Waals surface area (Å²) in [5.74, 6) is 0. The Morgan fingerprint density at radius 1 is 0.737 bits per heavy atom. The van der Waals surface area contributed by atoms with Crippen molar-refractivity contribution in [3.63, 3.8) is 0 Å². The molecular formula is C15H15ClO2S. The molecule has 2 rings (SSSR count). The molecule has 4 heteroatoms. The van der Waals surface area contributed by atoms with E-state index in [4.69, 9.17) is 10.7 Å². The van der Waals surface area contributed by atoms with Gasteiger partial charge < -0.3 is 0 Å². The molecule has 0 bridgehead atoms. The fourth-order valence-corrected chi connectivity index (χ4v) is 3.06. The third-order valence-corrected chi connectivity index (χ3v) is 4.22. The van der Waals surface area contributed by atoms with Crippen molar-refractivity contribution >= 4 is 19.7 Å². The smallest absolute Gasteiger partial charge is 0.207 e. The minimum absolute atomic E-state index is 0.142. The van der Waals surface area contributed by atoms with Gasteiger partial charge in [0.1, 0.15) is 0 Å². The zero-order valence-electron chi connectivity index (χ0n) is 11.1. The van der Waals surface area contributed by atoms with Crippen molar-refractivity contribution in [1.82, 2.24) is 0 Å². The van der Waals surface area contributed by atoms with Gasteiger partial charge in [-0.2, -0.15) is 0 Å². The SMILES string of the molecule is Cc1cc(C)cc(-c2cc(C)cc(S(=O)(=O)Cl)c2)c1. The van der Waals surface area contributed by atoms with Crippen LogP contribution < -0.4 is 0 Å². The van der Waals surface area contributed by atoms with Gasteiger partial charge in [0.05, 0.1) is 4.90 Å². The molecule has 0 aliphatic heterocycles. The highest BCUT2D eigenvalue weighted by atomic mass is 35.7. The normalized spacial score (nSPS) is 11.6. The molecule has 19 heavy (non-hydrogen) atoms. The van der Waals surface area contributed by atoms with Crippen molar-refractivity contribution in [1.29, 1.82) is 0 Å². The van der Waals surface area contributed by atoms with Crippen LogP contribution in [0.25, 0.3) is 11.1 Å². The second-order valence-electron chi connectivity index (χ2n) is 4.85. The Balaban J connectivity index is 2.66. The predicted octanol–water partition coefficient (Wildman–Crippen LogP) is 4.21. The Kier molecular flexibility index (Phi) is 3.70. The average Bonchev–Trinajstić information content (AvgIpc) is 2.25. The van der Waals surface area contributed by atoms with Gasteiger partial charge in [-0.15, -0.1) is 0 Å². The van der Waals surface area contributed by atoms with Gasteiger partial charge in [0, 0.05) is 10.7 Å². The van der Waals surface area contributed by atoms with E-state index in [2.05, 4.69) is 6.07 Å². The van der Waals surface area contributed by atoms with E-state index >= 15 is 0 Å². The first kappa shape index (κ1) is 14.1. The second kappa shape index (κ2) is 4.99. The van der Waals surface area contributed by atoms with Gasteiger partial charge >= 0.3 is 0 Å². The van der Waals surface area contributed by atoms with Crippen molar-refractivity contribution in [2.75, 3.05) is 0 Å². The monoisotopic (exact) mass is 294 g/mol. The van der Waals surface area contributed by atoms with Crippen LogP contribution >= 0.6 is 10.7 Å². The van der Waals surface area contributed by atoms with Crippen LogP contribution in [0, 0.1) is 20.8 Å². The molecule has 0 spiro atoms. The summed E-state index contributed by atoms with van der Waals surface area (Å²) in [5, 5.41) is 0. The molecule has 0 aromatic heterocycles. The molecule has 0 saturated heterocycles. The van der Waals surface area contributed by atoms with E-state index in [-0.39, 0.29) is 4.90 Å². The molecule has 0 atom stereocenters. The van der Waals surface area contributed by atoms with Crippen LogP contribution in [0.1, 0.15) is 16.7 Å². The van der Waals surface area contributed by atoms with Crippen LogP contribution in [0.2, 0.25) is 0 Å². The number of hydrogen-bond acceptors (Lipinski definition) is 2. The van der Waals surface area contributed by atoms with Gasteiger partial charge in [0.15, 0.2) is 0 Å². The van der Waals surface area contributed by atoms with E-state index in [1.165, 1.54) is 0 Å². The molecule has 0 radical (unpaired) electrons. The first-order valence-electron chi connectivity index (χ1n) is 5.91. The molecule has 0 aliphatic carbocycles. The number of halogens is 1. The maximum atomic E-state index is 11.5. The summed E-state index contributed by atoms with van der Waals surface area (Å²) >= 11 is 0. The molecule has 0 unspecified atom stereocenters. The van der Waals surface area contributed by atoms with Crippen LogP contribution in [-0.4, -0.2) is 8.42 Å². The molecule has 2 aromatic rings. The zero-order chi connectivity index (χ0) is 14.2. The van der Waals surface area contributed by atoms with Crippen molar-refractivity contribution in [3.05, 3.63) is 53.1 Å². The summed E-state index contributed by atoms with van der Waals surface area (Å²) in [7, 11) is 1.72. The highest BCUT2D eigenvalue weighted by molar-refractivity contribution is 8.13. The Morgan fingerprint density at radius 2 is 1.16 bits per heavy atom. The largest absolute Gasteiger partial charge is 0.261 e. The third kappa shape index (κ3) is 3.37. The van der Waals surface area contributed by atoms with Gasteiger partial charge in [0.25, 0.3) is 9.05 Å². The third-order valence-electron chi connectivity index (χ3n) is 2.89. The van der Waals surface area contributed by atoms with E-state index in [0.717, 1.165) is 27.8 Å². The molecule has 0 amide bonds. The Morgan fingerprint density at radius 3 is 1.63 bits per heavy atom. The van der Waals surface area contributed by atoms with Crippen molar-refractivity contribution < 1.29 is 8.42 Å². The molecule has 0 saturated carbocycles. The van der Waals surface area contributed by atoms with E-state index in [0.29, 0.717) is 0 Å². The molecular weight excluding hydrogens is 280 g/mol. The first-order chi connectivity index (χ1) is 8.75. The van der Waals surface area contributed by atoms with E-state index < -0.39 is 9.05 Å². The number of hydrogen-bond donors (Lipinski definition) is 0. The summed E-state index contributed by atoms with van der Waals surface area (Å²) in [5.41, 5.74) is 5.03. The van der Waals surface area contributed by atoms with Crippen molar-refractivity contribution in [2.45, 2.75) is 25.7 Å². The second-order valence-corrected chi connectivity index (χ2v) is 7.41. The maximum Gasteiger partial charge on any atom is 0.261 e. The lowest BCUT2D eigenvalue weighted by Gasteiger charge is -2.08. The van der Waals surface area contributed by atoms with Crippen LogP contribution in [0.5, 0.6) is 0 Å². The summed E-state index contributed by atoms with van der Waals surface area (Å²) in [6.07, 6.45) is 0. The van der Waals surface area contributed by atoms with Gasteiger partial charge in [-0.3, -0.25) is 0 Å². The Labute approximate surface area is 118 Å². The molecule has 2 nitrogen and oxygen atoms in total. The summed E-state index contributed by atoms with van der Waals surface area (Å²) in [6.45, 7) is 5.90. The van der Waals surface area contributed by atoms with E-state index in [1.54, 1.807) is 12.1 Å².